The minimum atomic E-state index is -0.516. The van der Waals surface area contributed by atoms with E-state index in [1.807, 2.05) is 24.3 Å². The van der Waals surface area contributed by atoms with Crippen molar-refractivity contribution in [2.24, 2.45) is 0 Å². The number of pyridine rings is 1. The molecule has 4 heteroatoms. The van der Waals surface area contributed by atoms with Crippen molar-refractivity contribution in [3.8, 4) is 11.5 Å². The lowest BCUT2D eigenvalue weighted by Crippen LogP contribution is -1.86. The number of halogens is 2. The third-order valence-corrected chi connectivity index (χ3v) is 2.28. The largest absolute Gasteiger partial charge is 0.456 e. The highest BCUT2D eigenvalue weighted by Gasteiger charge is 1.98. The maximum atomic E-state index is 12.5. The Morgan fingerprint density at radius 2 is 1.67 bits per heavy atom. The summed E-state index contributed by atoms with van der Waals surface area (Å²) in [6, 6.07) is 10.2. The van der Waals surface area contributed by atoms with Crippen LogP contribution in [0.2, 0.25) is 0 Å². The lowest BCUT2D eigenvalue weighted by atomic mass is 10.3. The molecule has 1 aromatic heterocycles. The topological polar surface area (TPSA) is 22.1 Å². The normalized spacial score (nSPS) is 10.0. The highest BCUT2D eigenvalue weighted by atomic mass is 79.9. The Labute approximate surface area is 94.9 Å². The van der Waals surface area contributed by atoms with Crippen molar-refractivity contribution in [3.05, 3.63) is 53.0 Å². The smallest absolute Gasteiger partial charge is 0.213 e. The molecule has 0 saturated carbocycles. The molecule has 2 aromatic rings. The molecule has 1 heterocycles. The summed E-state index contributed by atoms with van der Waals surface area (Å²) in [5, 5.41) is 0. The second-order valence-electron chi connectivity index (χ2n) is 2.87. The number of ether oxygens (including phenoxy) is 1. The molecule has 15 heavy (non-hydrogen) atoms. The van der Waals surface area contributed by atoms with Crippen molar-refractivity contribution in [1.29, 1.82) is 0 Å². The van der Waals surface area contributed by atoms with Crippen LogP contribution in [0.25, 0.3) is 0 Å². The molecule has 0 fully saturated rings. The van der Waals surface area contributed by atoms with Gasteiger partial charge < -0.3 is 4.74 Å². The molecular weight excluding hydrogens is 261 g/mol. The molecule has 0 radical (unpaired) electrons. The Bertz CT molecular complexity index is 398. The molecule has 0 aliphatic heterocycles. The molecule has 76 valence electrons. The lowest BCUT2D eigenvalue weighted by molar-refractivity contribution is 0.474. The van der Waals surface area contributed by atoms with Crippen LogP contribution in [0.5, 0.6) is 11.5 Å². The first-order valence-electron chi connectivity index (χ1n) is 4.29. The summed E-state index contributed by atoms with van der Waals surface area (Å²) < 4.78 is 18.9. The van der Waals surface area contributed by atoms with Crippen molar-refractivity contribution < 1.29 is 9.13 Å². The summed E-state index contributed by atoms with van der Waals surface area (Å²) in [7, 11) is 0. The summed E-state index contributed by atoms with van der Waals surface area (Å²) in [6.45, 7) is 0. The van der Waals surface area contributed by atoms with Gasteiger partial charge in [0.25, 0.3) is 0 Å². The minimum Gasteiger partial charge on any atom is -0.456 e. The van der Waals surface area contributed by atoms with E-state index in [0.29, 0.717) is 11.5 Å². The van der Waals surface area contributed by atoms with E-state index >= 15 is 0 Å². The second-order valence-corrected chi connectivity index (χ2v) is 3.79. The van der Waals surface area contributed by atoms with Gasteiger partial charge in [0, 0.05) is 4.47 Å². The summed E-state index contributed by atoms with van der Waals surface area (Å²) in [6.07, 6.45) is 1.34. The summed E-state index contributed by atoms with van der Waals surface area (Å²) >= 11 is 3.32. The molecule has 2 rings (SSSR count). The summed E-state index contributed by atoms with van der Waals surface area (Å²) in [4.78, 5) is 3.49. The molecule has 0 atom stereocenters. The number of hydrogen-bond donors (Lipinski definition) is 0. The standard InChI is InChI=1S/C11H7BrFNO/c12-8-1-3-9(4-2-8)15-10-5-6-11(13)14-7-10/h1-7H. The number of aromatic nitrogens is 1. The van der Waals surface area contributed by atoms with Gasteiger partial charge in [-0.2, -0.15) is 4.39 Å². The number of benzene rings is 1. The van der Waals surface area contributed by atoms with Crippen LogP contribution < -0.4 is 4.74 Å². The van der Waals surface area contributed by atoms with Crippen LogP contribution in [0, 0.1) is 5.95 Å². The Hall–Kier alpha value is -1.42. The van der Waals surface area contributed by atoms with E-state index in [9.17, 15) is 4.39 Å². The Kier molecular flexibility index (Phi) is 2.97. The maximum Gasteiger partial charge on any atom is 0.213 e. The fourth-order valence-corrected chi connectivity index (χ4v) is 1.33. The molecule has 1 aromatic carbocycles. The van der Waals surface area contributed by atoms with Crippen LogP contribution in [0.3, 0.4) is 0 Å². The van der Waals surface area contributed by atoms with Gasteiger partial charge in [-0.25, -0.2) is 4.98 Å². The van der Waals surface area contributed by atoms with Crippen LogP contribution in [0.4, 0.5) is 4.39 Å². The Balaban J connectivity index is 2.15. The van der Waals surface area contributed by atoms with Crippen molar-refractivity contribution in [1.82, 2.24) is 4.98 Å². The minimum absolute atomic E-state index is 0.513. The van der Waals surface area contributed by atoms with E-state index in [4.69, 9.17) is 4.74 Å². The van der Waals surface area contributed by atoms with Gasteiger partial charge in [-0.1, -0.05) is 15.9 Å². The third-order valence-electron chi connectivity index (χ3n) is 1.75. The highest BCUT2D eigenvalue weighted by Crippen LogP contribution is 2.22. The predicted molar refractivity (Wildman–Crippen MR) is 58.4 cm³/mol. The van der Waals surface area contributed by atoms with Crippen molar-refractivity contribution in [2.75, 3.05) is 0 Å². The third kappa shape index (κ3) is 2.76. The van der Waals surface area contributed by atoms with Crippen molar-refractivity contribution >= 4 is 15.9 Å². The van der Waals surface area contributed by atoms with Gasteiger partial charge in [-0.05, 0) is 36.4 Å². The maximum absolute atomic E-state index is 12.5. The first-order chi connectivity index (χ1) is 7.24. The molecular formula is C11H7BrFNO. The molecule has 0 aliphatic rings. The van der Waals surface area contributed by atoms with E-state index in [0.717, 1.165) is 4.47 Å². The van der Waals surface area contributed by atoms with Crippen molar-refractivity contribution in [2.45, 2.75) is 0 Å². The van der Waals surface area contributed by atoms with Crippen LogP contribution in [0.1, 0.15) is 0 Å². The zero-order chi connectivity index (χ0) is 10.7. The fraction of sp³-hybridized carbons (Fsp3) is 0. The van der Waals surface area contributed by atoms with Crippen LogP contribution in [-0.4, -0.2) is 4.98 Å². The quantitative estimate of drug-likeness (QED) is 0.773. The van der Waals surface area contributed by atoms with Gasteiger partial charge in [0.15, 0.2) is 0 Å². The van der Waals surface area contributed by atoms with Gasteiger partial charge >= 0.3 is 0 Å². The van der Waals surface area contributed by atoms with E-state index in [2.05, 4.69) is 20.9 Å². The molecule has 0 spiro atoms. The average Bonchev–Trinajstić information content (AvgIpc) is 2.25. The molecule has 0 N–H and O–H groups in total. The van der Waals surface area contributed by atoms with Crippen molar-refractivity contribution in [3.63, 3.8) is 0 Å². The van der Waals surface area contributed by atoms with Gasteiger partial charge in [-0.15, -0.1) is 0 Å². The zero-order valence-corrected chi connectivity index (χ0v) is 9.24. The fourth-order valence-electron chi connectivity index (χ4n) is 1.06. The number of nitrogens with zero attached hydrogens (tertiary/aromatic N) is 1. The summed E-state index contributed by atoms with van der Waals surface area (Å²) in [5.41, 5.74) is 0. The molecule has 0 bridgehead atoms. The first kappa shape index (κ1) is 10.1. The van der Waals surface area contributed by atoms with E-state index in [1.165, 1.54) is 18.3 Å². The SMILES string of the molecule is Fc1ccc(Oc2ccc(Br)cc2)cn1. The van der Waals surface area contributed by atoms with Gasteiger partial charge in [-0.3, -0.25) is 0 Å². The van der Waals surface area contributed by atoms with Gasteiger partial charge in [0.05, 0.1) is 6.20 Å². The average molecular weight is 268 g/mol. The second kappa shape index (κ2) is 4.40. The number of hydrogen-bond acceptors (Lipinski definition) is 2. The van der Waals surface area contributed by atoms with Crippen LogP contribution in [-0.2, 0) is 0 Å². The molecule has 0 aliphatic carbocycles. The molecule has 0 amide bonds. The summed E-state index contributed by atoms with van der Waals surface area (Å²) in [5.74, 6) is 0.684. The van der Waals surface area contributed by atoms with Gasteiger partial charge in [0.1, 0.15) is 11.5 Å². The highest BCUT2D eigenvalue weighted by molar-refractivity contribution is 9.10. The molecule has 0 unspecified atom stereocenters. The molecule has 0 saturated heterocycles. The zero-order valence-electron chi connectivity index (χ0n) is 7.65. The Morgan fingerprint density at radius 3 is 2.27 bits per heavy atom. The van der Waals surface area contributed by atoms with E-state index in [1.54, 1.807) is 0 Å². The van der Waals surface area contributed by atoms with Crippen LogP contribution in [0.15, 0.2) is 47.1 Å². The Morgan fingerprint density at radius 1 is 1.00 bits per heavy atom. The first-order valence-corrected chi connectivity index (χ1v) is 5.08. The monoisotopic (exact) mass is 267 g/mol. The van der Waals surface area contributed by atoms with E-state index in [-0.39, 0.29) is 0 Å². The van der Waals surface area contributed by atoms with Gasteiger partial charge in [0.2, 0.25) is 5.95 Å². The van der Waals surface area contributed by atoms with Crippen LogP contribution >= 0.6 is 15.9 Å². The predicted octanol–water partition coefficient (Wildman–Crippen LogP) is 3.78. The lowest BCUT2D eigenvalue weighted by Gasteiger charge is -2.04. The molecule has 2 nitrogen and oxygen atoms in total. The van der Waals surface area contributed by atoms with E-state index < -0.39 is 5.95 Å². The number of rotatable bonds is 2.